The average molecular weight is 337 g/mol. The lowest BCUT2D eigenvalue weighted by Gasteiger charge is -2.26. The number of hydrogen-bond acceptors (Lipinski definition) is 6. The second kappa shape index (κ2) is 7.16. The summed E-state index contributed by atoms with van der Waals surface area (Å²) in [6, 6.07) is 8.69. The molecule has 2 heterocycles. The molecule has 1 aliphatic heterocycles. The Balaban J connectivity index is 1.38. The summed E-state index contributed by atoms with van der Waals surface area (Å²) in [5.74, 6) is -1.62. The van der Waals surface area contributed by atoms with Gasteiger partial charge in [0.15, 0.2) is 6.61 Å². The summed E-state index contributed by atoms with van der Waals surface area (Å²) in [7, 11) is 0. The number of carbonyl (C=O) groups excluding carboxylic acids is 1. The van der Waals surface area contributed by atoms with Gasteiger partial charge in [0.25, 0.3) is 0 Å². The fourth-order valence-electron chi connectivity index (χ4n) is 2.50. The molecule has 24 heavy (non-hydrogen) atoms. The van der Waals surface area contributed by atoms with Crippen molar-refractivity contribution in [3.05, 3.63) is 35.9 Å². The Morgan fingerprint density at radius 3 is 2.79 bits per heavy atom. The second-order valence-electron chi connectivity index (χ2n) is 5.50. The number of benzene rings is 1. The number of nitrogens with zero attached hydrogens (tertiary/aromatic N) is 3. The number of ether oxygens (including phenoxy) is 1. The van der Waals surface area contributed by atoms with E-state index in [1.54, 1.807) is 29.3 Å². The van der Waals surface area contributed by atoms with Gasteiger partial charge in [-0.3, -0.25) is 9.80 Å². The Labute approximate surface area is 137 Å². The standard InChI is InChI=1S/C15H19N3O6/c19-14(20)13-7-4-8-16(11-13)17-18(24-17)23-10-9-22-15(21)12-5-2-1-3-6-12/h1-3,5-6,13H,4,7-11H2,(H,19,20). The van der Waals surface area contributed by atoms with Crippen LogP contribution in [0.4, 0.5) is 0 Å². The van der Waals surface area contributed by atoms with Crippen LogP contribution in [-0.4, -0.2) is 53.3 Å². The van der Waals surface area contributed by atoms with Crippen molar-refractivity contribution in [3.63, 3.8) is 0 Å². The molecule has 1 saturated heterocycles. The number of aliphatic carboxylic acids is 1. The Hall–Kier alpha value is -2.84. The van der Waals surface area contributed by atoms with Gasteiger partial charge in [-0.25, -0.2) is 4.79 Å². The van der Waals surface area contributed by atoms with Crippen molar-refractivity contribution >= 4 is 11.9 Å². The highest BCUT2D eigenvalue weighted by Gasteiger charge is 2.30. The van der Waals surface area contributed by atoms with E-state index in [1.165, 1.54) is 4.96 Å². The zero-order chi connectivity index (χ0) is 16.9. The van der Waals surface area contributed by atoms with Crippen molar-refractivity contribution in [2.24, 2.45) is 5.92 Å². The molecule has 3 rings (SSSR count). The first-order valence-electron chi connectivity index (χ1n) is 7.76. The van der Waals surface area contributed by atoms with E-state index in [0.717, 1.165) is 11.4 Å². The van der Waals surface area contributed by atoms with Crippen LogP contribution in [0.2, 0.25) is 0 Å². The largest absolute Gasteiger partial charge is 0.481 e. The maximum Gasteiger partial charge on any atom is 0.338 e. The maximum atomic E-state index is 11.7. The minimum absolute atomic E-state index is 0.0825. The zero-order valence-electron chi connectivity index (χ0n) is 13.0. The molecule has 1 aliphatic rings. The van der Waals surface area contributed by atoms with Crippen molar-refractivity contribution in [3.8, 4) is 0 Å². The molecule has 0 radical (unpaired) electrons. The zero-order valence-corrected chi connectivity index (χ0v) is 13.0. The van der Waals surface area contributed by atoms with Crippen LogP contribution in [0.25, 0.3) is 0 Å². The number of carbonyl (C=O) groups is 2. The van der Waals surface area contributed by atoms with E-state index in [1.807, 2.05) is 6.07 Å². The highest BCUT2D eigenvalue weighted by molar-refractivity contribution is 5.89. The van der Waals surface area contributed by atoms with Crippen LogP contribution in [0.1, 0.15) is 23.2 Å². The van der Waals surface area contributed by atoms with Crippen LogP contribution in [-0.2, 0) is 9.53 Å². The third-order valence-electron chi connectivity index (χ3n) is 3.78. The molecule has 1 atom stereocenters. The minimum atomic E-state index is -0.804. The first kappa shape index (κ1) is 16.0. The van der Waals surface area contributed by atoms with Gasteiger partial charge in [0.05, 0.1) is 18.0 Å². The Morgan fingerprint density at radius 1 is 1.25 bits per heavy atom. The van der Waals surface area contributed by atoms with Gasteiger partial charge in [-0.15, -0.1) is 0 Å². The van der Waals surface area contributed by atoms with Crippen molar-refractivity contribution < 1.29 is 28.9 Å². The smallest absolute Gasteiger partial charge is 0.338 e. The van der Waals surface area contributed by atoms with E-state index in [-0.39, 0.29) is 13.2 Å². The Kier molecular flexibility index (Phi) is 4.78. The Bertz CT molecular complexity index is 673. The van der Waals surface area contributed by atoms with Gasteiger partial charge in [0.1, 0.15) is 11.6 Å². The summed E-state index contributed by atoms with van der Waals surface area (Å²) in [6.45, 7) is 1.29. The maximum absolute atomic E-state index is 11.7. The summed E-state index contributed by atoms with van der Waals surface area (Å²) >= 11 is 0. The molecule has 1 aromatic carbocycles. The molecular formula is C15H19N3O6. The van der Waals surface area contributed by atoms with Crippen LogP contribution in [0.5, 0.6) is 0 Å². The van der Waals surface area contributed by atoms with Crippen LogP contribution in [0, 0.1) is 5.92 Å². The van der Waals surface area contributed by atoms with E-state index < -0.39 is 17.9 Å². The fraction of sp³-hybridized carbons (Fsp3) is 0.467. The number of carboxylic acid groups (broad SMARTS) is 1. The fourth-order valence-corrected chi connectivity index (χ4v) is 2.50. The third kappa shape index (κ3) is 3.92. The summed E-state index contributed by atoms with van der Waals surface area (Å²) < 4.78 is 10.2. The SMILES string of the molecule is O=C(OCCOn1on1N1CCCC(C(=O)O)C1)c1ccccc1. The third-order valence-corrected chi connectivity index (χ3v) is 3.78. The number of carboxylic acids is 1. The van der Waals surface area contributed by atoms with Gasteiger partial charge < -0.3 is 14.7 Å². The molecule has 0 aliphatic carbocycles. The van der Waals surface area contributed by atoms with Crippen LogP contribution in [0.3, 0.4) is 0 Å². The number of aromatic nitrogens is 2. The molecule has 0 spiro atoms. The predicted molar refractivity (Wildman–Crippen MR) is 81.2 cm³/mol. The van der Waals surface area contributed by atoms with Gasteiger partial charge >= 0.3 is 11.9 Å². The van der Waals surface area contributed by atoms with Gasteiger partial charge in [-0.1, -0.05) is 18.2 Å². The lowest BCUT2D eigenvalue weighted by molar-refractivity contribution is -0.142. The monoisotopic (exact) mass is 337 g/mol. The van der Waals surface area contributed by atoms with Gasteiger partial charge in [-0.2, -0.15) is 4.63 Å². The topological polar surface area (TPSA) is 99.1 Å². The van der Waals surface area contributed by atoms with Gasteiger partial charge in [0.2, 0.25) is 0 Å². The first-order valence-corrected chi connectivity index (χ1v) is 7.76. The molecule has 0 bridgehead atoms. The molecular weight excluding hydrogens is 318 g/mol. The molecule has 1 unspecified atom stereocenters. The van der Waals surface area contributed by atoms with E-state index in [2.05, 4.69) is 0 Å². The van der Waals surface area contributed by atoms with Gasteiger partial charge in [-0.05, 0) is 25.0 Å². The molecule has 130 valence electrons. The normalized spacial score (nSPS) is 17.7. The molecule has 9 heteroatoms. The molecule has 2 aromatic rings. The quantitative estimate of drug-likeness (QED) is 0.583. The molecule has 1 aromatic heterocycles. The van der Waals surface area contributed by atoms with Gasteiger partial charge in [0, 0.05) is 11.5 Å². The number of rotatable bonds is 7. The van der Waals surface area contributed by atoms with Crippen molar-refractivity contribution in [2.75, 3.05) is 31.3 Å². The van der Waals surface area contributed by atoms with Crippen molar-refractivity contribution in [1.29, 1.82) is 0 Å². The first-order chi connectivity index (χ1) is 11.6. The Morgan fingerprint density at radius 2 is 2.04 bits per heavy atom. The predicted octanol–water partition coefficient (Wildman–Crippen LogP) is 0.601. The summed E-state index contributed by atoms with van der Waals surface area (Å²) in [6.07, 6.45) is 1.44. The second-order valence-corrected chi connectivity index (χ2v) is 5.50. The minimum Gasteiger partial charge on any atom is -0.481 e. The van der Waals surface area contributed by atoms with E-state index in [4.69, 9.17) is 19.3 Å². The molecule has 1 fully saturated rings. The van der Waals surface area contributed by atoms with Crippen molar-refractivity contribution in [1.82, 2.24) is 9.98 Å². The van der Waals surface area contributed by atoms with Crippen LogP contribution < -0.4 is 9.85 Å². The summed E-state index contributed by atoms with van der Waals surface area (Å²) in [5, 5.41) is 12.0. The van der Waals surface area contributed by atoms with Crippen LogP contribution >= 0.6 is 0 Å². The van der Waals surface area contributed by atoms with E-state index >= 15 is 0 Å². The molecule has 9 nitrogen and oxygen atoms in total. The van der Waals surface area contributed by atoms with Crippen LogP contribution in [0.15, 0.2) is 35.0 Å². The number of piperidine rings is 1. The summed E-state index contributed by atoms with van der Waals surface area (Å²) in [5.41, 5.74) is 0.482. The highest BCUT2D eigenvalue weighted by Crippen LogP contribution is 2.16. The highest BCUT2D eigenvalue weighted by atomic mass is 17.0. The van der Waals surface area contributed by atoms with Crippen molar-refractivity contribution in [2.45, 2.75) is 12.8 Å². The number of esters is 1. The summed E-state index contributed by atoms with van der Waals surface area (Å²) in [4.78, 5) is 29.4. The van der Waals surface area contributed by atoms with E-state index in [0.29, 0.717) is 25.1 Å². The average Bonchev–Trinajstić information content (AvgIpc) is 3.39. The lowest BCUT2D eigenvalue weighted by Crippen LogP contribution is -2.44. The van der Waals surface area contributed by atoms with E-state index in [9.17, 15) is 9.59 Å². The number of hydrogen-bond donors (Lipinski definition) is 1. The molecule has 0 amide bonds. The lowest BCUT2D eigenvalue weighted by atomic mass is 10.00. The molecule has 1 N–H and O–H groups in total. The molecule has 0 saturated carbocycles.